The van der Waals surface area contributed by atoms with E-state index >= 15 is 0 Å². The summed E-state index contributed by atoms with van der Waals surface area (Å²) in [5, 5.41) is 10.3. The first-order valence-corrected chi connectivity index (χ1v) is 5.96. The summed E-state index contributed by atoms with van der Waals surface area (Å²) >= 11 is 0. The van der Waals surface area contributed by atoms with Crippen molar-refractivity contribution in [3.05, 3.63) is 54.3 Å². The van der Waals surface area contributed by atoms with E-state index in [0.717, 1.165) is 5.56 Å². The van der Waals surface area contributed by atoms with Gasteiger partial charge in [-0.15, -0.1) is 10.2 Å². The maximum absolute atomic E-state index is 12.1. The number of hydrogen-bond donors (Lipinski definition) is 1. The standard InChI is InChI=1S/C14H11N3O3/c1-9-12(5-6-19-9)13(18)16-11-4-2-3-10(7-11)14-17-15-8-20-14/h2-8H,1H3,(H,16,18). The zero-order valence-corrected chi connectivity index (χ0v) is 10.7. The van der Waals surface area contributed by atoms with E-state index < -0.39 is 0 Å². The van der Waals surface area contributed by atoms with E-state index in [9.17, 15) is 4.79 Å². The van der Waals surface area contributed by atoms with E-state index in [-0.39, 0.29) is 5.91 Å². The van der Waals surface area contributed by atoms with Crippen LogP contribution in [0.5, 0.6) is 0 Å². The minimum atomic E-state index is -0.223. The van der Waals surface area contributed by atoms with Crippen molar-refractivity contribution < 1.29 is 13.6 Å². The van der Waals surface area contributed by atoms with Gasteiger partial charge < -0.3 is 14.2 Å². The van der Waals surface area contributed by atoms with Gasteiger partial charge in [0, 0.05) is 11.3 Å². The number of nitrogens with zero attached hydrogens (tertiary/aromatic N) is 2. The maximum atomic E-state index is 12.1. The molecule has 6 heteroatoms. The molecule has 0 aliphatic rings. The van der Waals surface area contributed by atoms with Crippen molar-refractivity contribution in [1.82, 2.24) is 10.2 Å². The molecule has 0 unspecified atom stereocenters. The molecule has 1 N–H and O–H groups in total. The average molecular weight is 269 g/mol. The first kappa shape index (κ1) is 12.2. The number of amides is 1. The molecule has 0 aliphatic heterocycles. The molecule has 100 valence electrons. The van der Waals surface area contributed by atoms with Gasteiger partial charge in [0.15, 0.2) is 0 Å². The zero-order chi connectivity index (χ0) is 13.9. The number of benzene rings is 1. The molecule has 1 amide bonds. The predicted octanol–water partition coefficient (Wildman–Crippen LogP) is 2.89. The Labute approximate surface area is 114 Å². The molecule has 0 aliphatic carbocycles. The Morgan fingerprint density at radius 3 is 2.85 bits per heavy atom. The van der Waals surface area contributed by atoms with Gasteiger partial charge in [0.2, 0.25) is 12.3 Å². The fourth-order valence-electron chi connectivity index (χ4n) is 1.85. The minimum Gasteiger partial charge on any atom is -0.469 e. The highest BCUT2D eigenvalue weighted by molar-refractivity contribution is 6.05. The SMILES string of the molecule is Cc1occc1C(=O)Nc1cccc(-c2nnco2)c1. The fourth-order valence-corrected chi connectivity index (χ4v) is 1.85. The van der Waals surface area contributed by atoms with Crippen molar-refractivity contribution in [3.63, 3.8) is 0 Å². The Kier molecular flexibility index (Phi) is 3.04. The first-order chi connectivity index (χ1) is 9.74. The third kappa shape index (κ3) is 2.31. The van der Waals surface area contributed by atoms with E-state index in [0.29, 0.717) is 22.9 Å². The molecule has 20 heavy (non-hydrogen) atoms. The van der Waals surface area contributed by atoms with Gasteiger partial charge in [-0.25, -0.2) is 0 Å². The fraction of sp³-hybridized carbons (Fsp3) is 0.0714. The Balaban J connectivity index is 1.83. The van der Waals surface area contributed by atoms with Crippen LogP contribution >= 0.6 is 0 Å². The van der Waals surface area contributed by atoms with Gasteiger partial charge in [-0.2, -0.15) is 0 Å². The molecule has 0 spiro atoms. The second-order valence-electron chi connectivity index (χ2n) is 4.17. The highest BCUT2D eigenvalue weighted by Crippen LogP contribution is 2.21. The lowest BCUT2D eigenvalue weighted by molar-refractivity contribution is 0.102. The van der Waals surface area contributed by atoms with Crippen molar-refractivity contribution >= 4 is 11.6 Å². The highest BCUT2D eigenvalue weighted by Gasteiger charge is 2.12. The Morgan fingerprint density at radius 2 is 2.15 bits per heavy atom. The Bertz CT molecular complexity index is 732. The predicted molar refractivity (Wildman–Crippen MR) is 71.1 cm³/mol. The van der Waals surface area contributed by atoms with Crippen molar-refractivity contribution in [3.8, 4) is 11.5 Å². The summed E-state index contributed by atoms with van der Waals surface area (Å²) < 4.78 is 10.2. The summed E-state index contributed by atoms with van der Waals surface area (Å²) in [6.07, 6.45) is 2.74. The van der Waals surface area contributed by atoms with Gasteiger partial charge in [-0.3, -0.25) is 4.79 Å². The number of nitrogens with one attached hydrogen (secondary N) is 1. The van der Waals surface area contributed by atoms with Crippen molar-refractivity contribution in [2.45, 2.75) is 6.92 Å². The molecule has 0 saturated heterocycles. The van der Waals surface area contributed by atoms with Gasteiger partial charge in [0.05, 0.1) is 11.8 Å². The van der Waals surface area contributed by atoms with Crippen LogP contribution in [-0.4, -0.2) is 16.1 Å². The minimum absolute atomic E-state index is 0.223. The van der Waals surface area contributed by atoms with Crippen LogP contribution in [0, 0.1) is 6.92 Å². The van der Waals surface area contributed by atoms with Gasteiger partial charge in [-0.1, -0.05) is 6.07 Å². The number of carbonyl (C=O) groups is 1. The normalized spacial score (nSPS) is 10.4. The third-order valence-corrected chi connectivity index (χ3v) is 2.83. The number of carbonyl (C=O) groups excluding carboxylic acids is 1. The summed E-state index contributed by atoms with van der Waals surface area (Å²) in [7, 11) is 0. The molecule has 1 aromatic carbocycles. The number of furan rings is 1. The van der Waals surface area contributed by atoms with Crippen LogP contribution in [0.2, 0.25) is 0 Å². The first-order valence-electron chi connectivity index (χ1n) is 5.96. The molecule has 2 heterocycles. The Hall–Kier alpha value is -2.89. The van der Waals surface area contributed by atoms with Crippen molar-refractivity contribution in [2.75, 3.05) is 5.32 Å². The molecule has 0 bridgehead atoms. The lowest BCUT2D eigenvalue weighted by Crippen LogP contribution is -2.12. The maximum Gasteiger partial charge on any atom is 0.259 e. The molecule has 0 saturated carbocycles. The molecule has 3 aromatic rings. The Morgan fingerprint density at radius 1 is 1.25 bits per heavy atom. The molecule has 3 rings (SSSR count). The molecule has 0 fully saturated rings. The monoisotopic (exact) mass is 269 g/mol. The summed E-state index contributed by atoms with van der Waals surface area (Å²) in [6, 6.07) is 8.81. The second kappa shape index (κ2) is 5.00. The molecule has 0 radical (unpaired) electrons. The van der Waals surface area contributed by atoms with E-state index in [1.165, 1.54) is 12.7 Å². The van der Waals surface area contributed by atoms with Crippen LogP contribution in [0.4, 0.5) is 5.69 Å². The number of hydrogen-bond acceptors (Lipinski definition) is 5. The lowest BCUT2D eigenvalue weighted by atomic mass is 10.2. The van der Waals surface area contributed by atoms with Gasteiger partial charge in [0.25, 0.3) is 5.91 Å². The van der Waals surface area contributed by atoms with Crippen molar-refractivity contribution in [1.29, 1.82) is 0 Å². The van der Waals surface area contributed by atoms with E-state index in [2.05, 4.69) is 15.5 Å². The van der Waals surface area contributed by atoms with Crippen LogP contribution in [0.25, 0.3) is 11.5 Å². The van der Waals surface area contributed by atoms with E-state index in [4.69, 9.17) is 8.83 Å². The van der Waals surface area contributed by atoms with Gasteiger partial charge in [-0.05, 0) is 31.2 Å². The second-order valence-corrected chi connectivity index (χ2v) is 4.17. The van der Waals surface area contributed by atoms with E-state index in [1.54, 1.807) is 31.2 Å². The van der Waals surface area contributed by atoms with Crippen LogP contribution < -0.4 is 5.32 Å². The number of aromatic nitrogens is 2. The smallest absolute Gasteiger partial charge is 0.259 e. The van der Waals surface area contributed by atoms with Crippen LogP contribution in [0.15, 0.2) is 51.8 Å². The van der Waals surface area contributed by atoms with Gasteiger partial charge >= 0.3 is 0 Å². The lowest BCUT2D eigenvalue weighted by Gasteiger charge is -2.05. The van der Waals surface area contributed by atoms with Crippen LogP contribution in [0.3, 0.4) is 0 Å². The third-order valence-electron chi connectivity index (χ3n) is 2.83. The summed E-state index contributed by atoms with van der Waals surface area (Å²) in [4.78, 5) is 12.1. The number of rotatable bonds is 3. The largest absolute Gasteiger partial charge is 0.469 e. The topological polar surface area (TPSA) is 81.2 Å². The highest BCUT2D eigenvalue weighted by atomic mass is 16.4. The van der Waals surface area contributed by atoms with Crippen LogP contribution in [0.1, 0.15) is 16.1 Å². The molecule has 6 nitrogen and oxygen atoms in total. The van der Waals surface area contributed by atoms with Gasteiger partial charge in [0.1, 0.15) is 5.76 Å². The van der Waals surface area contributed by atoms with E-state index in [1.807, 2.05) is 6.07 Å². The molecule has 2 aromatic heterocycles. The number of aryl methyl sites for hydroxylation is 1. The van der Waals surface area contributed by atoms with Crippen LogP contribution in [-0.2, 0) is 0 Å². The molecular formula is C14H11N3O3. The summed E-state index contributed by atoms with van der Waals surface area (Å²) in [6.45, 7) is 1.74. The number of anilines is 1. The molecular weight excluding hydrogens is 258 g/mol. The molecule has 0 atom stereocenters. The zero-order valence-electron chi connectivity index (χ0n) is 10.7. The summed E-state index contributed by atoms with van der Waals surface area (Å²) in [5.74, 6) is 0.759. The average Bonchev–Trinajstić information content (AvgIpc) is 3.09. The summed E-state index contributed by atoms with van der Waals surface area (Å²) in [5.41, 5.74) is 1.89. The quantitative estimate of drug-likeness (QED) is 0.790. The van der Waals surface area contributed by atoms with Crippen molar-refractivity contribution in [2.24, 2.45) is 0 Å².